The van der Waals surface area contributed by atoms with Gasteiger partial charge in [0.1, 0.15) is 5.58 Å². The molecule has 0 saturated heterocycles. The van der Waals surface area contributed by atoms with E-state index in [1.807, 2.05) is 0 Å². The van der Waals surface area contributed by atoms with Crippen LogP contribution in [0.2, 0.25) is 0 Å². The molecular formula is C54H35NO. The van der Waals surface area contributed by atoms with Crippen LogP contribution in [0.5, 0.6) is 0 Å². The molecule has 0 fully saturated rings. The third-order valence-electron chi connectivity index (χ3n) is 11.2. The predicted octanol–water partition coefficient (Wildman–Crippen LogP) is 15.5. The van der Waals surface area contributed by atoms with Crippen LogP contribution in [0.4, 0.5) is 17.1 Å². The average Bonchev–Trinajstić information content (AvgIpc) is 3.65. The Labute approximate surface area is 325 Å². The number of benzene rings is 10. The highest BCUT2D eigenvalue weighted by molar-refractivity contribution is 6.21. The number of hydrogen-bond acceptors (Lipinski definition) is 2. The second-order valence-electron chi connectivity index (χ2n) is 14.5. The van der Waals surface area contributed by atoms with Gasteiger partial charge in [-0.1, -0.05) is 182 Å². The molecule has 11 aromatic rings. The highest BCUT2D eigenvalue weighted by Crippen LogP contribution is 2.48. The standard InChI is InChI=1S/C54H35NO/c1-3-14-36(15-4-1)38-26-28-40(29-27-38)52-45-21-10-8-18-41(45)34-49-48-24-13-25-50(53(48)56-54(49)52)55(43-32-30-39(31-33-43)37-16-5-2-6-17-37)51-35-42-19-7-9-20-44(42)46-22-11-12-23-47(46)51/h1-35H. The quantitative estimate of drug-likeness (QED) is 0.160. The lowest BCUT2D eigenvalue weighted by atomic mass is 9.94. The molecule has 56 heavy (non-hydrogen) atoms. The van der Waals surface area contributed by atoms with Crippen molar-refractivity contribution in [2.75, 3.05) is 4.90 Å². The van der Waals surface area contributed by atoms with Gasteiger partial charge in [0, 0.05) is 27.4 Å². The molecule has 10 aromatic carbocycles. The van der Waals surface area contributed by atoms with E-state index in [2.05, 4.69) is 217 Å². The first-order valence-electron chi connectivity index (χ1n) is 19.2. The normalized spacial score (nSPS) is 11.6. The first-order chi connectivity index (χ1) is 27.8. The van der Waals surface area contributed by atoms with Crippen LogP contribution in [0, 0.1) is 0 Å². The van der Waals surface area contributed by atoms with Gasteiger partial charge in [0.05, 0.1) is 11.4 Å². The minimum absolute atomic E-state index is 0.851. The lowest BCUT2D eigenvalue weighted by Crippen LogP contribution is -2.11. The van der Waals surface area contributed by atoms with E-state index >= 15 is 0 Å². The molecule has 0 saturated carbocycles. The highest BCUT2D eigenvalue weighted by atomic mass is 16.3. The third kappa shape index (κ3) is 5.26. The van der Waals surface area contributed by atoms with Gasteiger partial charge in [-0.3, -0.25) is 0 Å². The van der Waals surface area contributed by atoms with Gasteiger partial charge in [-0.05, 0) is 85.1 Å². The van der Waals surface area contributed by atoms with Crippen molar-refractivity contribution in [1.82, 2.24) is 0 Å². The summed E-state index contributed by atoms with van der Waals surface area (Å²) in [5, 5.41) is 9.37. The van der Waals surface area contributed by atoms with Gasteiger partial charge in [0.25, 0.3) is 0 Å². The van der Waals surface area contributed by atoms with Gasteiger partial charge in [-0.25, -0.2) is 0 Å². The van der Waals surface area contributed by atoms with Gasteiger partial charge >= 0.3 is 0 Å². The van der Waals surface area contributed by atoms with Crippen molar-refractivity contribution in [2.24, 2.45) is 0 Å². The molecule has 11 rings (SSSR count). The molecule has 1 aromatic heterocycles. The van der Waals surface area contributed by atoms with Crippen LogP contribution >= 0.6 is 0 Å². The molecule has 0 N–H and O–H groups in total. The Morgan fingerprint density at radius 3 is 1.46 bits per heavy atom. The molecule has 0 unspecified atom stereocenters. The van der Waals surface area contributed by atoms with E-state index < -0.39 is 0 Å². The van der Waals surface area contributed by atoms with E-state index in [9.17, 15) is 0 Å². The lowest BCUT2D eigenvalue weighted by Gasteiger charge is -2.27. The molecule has 0 aliphatic carbocycles. The molecule has 2 nitrogen and oxygen atoms in total. The fourth-order valence-corrected chi connectivity index (χ4v) is 8.56. The first-order valence-corrected chi connectivity index (χ1v) is 19.2. The largest absolute Gasteiger partial charge is 0.453 e. The Bertz CT molecular complexity index is 3220. The number of anilines is 3. The Morgan fingerprint density at radius 1 is 0.286 bits per heavy atom. The van der Waals surface area contributed by atoms with E-state index in [4.69, 9.17) is 4.42 Å². The Kier molecular flexibility index (Phi) is 7.53. The molecule has 0 aliphatic rings. The SMILES string of the molecule is c1ccc(-c2ccc(-c3c4ccccc4cc4c3oc3c(N(c5ccc(-c6ccccc6)cc5)c5cc6ccccc6c6ccccc56)cccc34)cc2)cc1. The van der Waals surface area contributed by atoms with E-state index in [0.29, 0.717) is 0 Å². The number of rotatable bonds is 6. The summed E-state index contributed by atoms with van der Waals surface area (Å²) in [7, 11) is 0. The third-order valence-corrected chi connectivity index (χ3v) is 11.2. The molecule has 2 heteroatoms. The van der Waals surface area contributed by atoms with Crippen LogP contribution in [0.15, 0.2) is 217 Å². The summed E-state index contributed by atoms with van der Waals surface area (Å²) in [5.41, 5.74) is 11.9. The van der Waals surface area contributed by atoms with Crippen molar-refractivity contribution in [1.29, 1.82) is 0 Å². The second-order valence-corrected chi connectivity index (χ2v) is 14.5. The first kappa shape index (κ1) is 32.0. The van der Waals surface area contributed by atoms with Crippen LogP contribution < -0.4 is 4.90 Å². The zero-order chi connectivity index (χ0) is 37.0. The molecular weight excluding hydrogens is 679 g/mol. The maximum atomic E-state index is 7.27. The summed E-state index contributed by atoms with van der Waals surface area (Å²) >= 11 is 0. The lowest BCUT2D eigenvalue weighted by molar-refractivity contribution is 0.670. The predicted molar refractivity (Wildman–Crippen MR) is 237 cm³/mol. The van der Waals surface area contributed by atoms with E-state index in [0.717, 1.165) is 50.1 Å². The van der Waals surface area contributed by atoms with Crippen molar-refractivity contribution in [3.63, 3.8) is 0 Å². The van der Waals surface area contributed by atoms with Gasteiger partial charge in [-0.15, -0.1) is 0 Å². The van der Waals surface area contributed by atoms with Gasteiger partial charge < -0.3 is 9.32 Å². The molecule has 0 aliphatic heterocycles. The van der Waals surface area contributed by atoms with E-state index in [1.54, 1.807) is 0 Å². The molecule has 0 radical (unpaired) electrons. The zero-order valence-electron chi connectivity index (χ0n) is 30.6. The van der Waals surface area contributed by atoms with E-state index in [-0.39, 0.29) is 0 Å². The summed E-state index contributed by atoms with van der Waals surface area (Å²) in [6, 6.07) is 76.3. The van der Waals surface area contributed by atoms with Crippen LogP contribution in [0.1, 0.15) is 0 Å². The number of para-hydroxylation sites is 1. The van der Waals surface area contributed by atoms with Gasteiger partial charge in [0.2, 0.25) is 0 Å². The second kappa shape index (κ2) is 13.2. The maximum Gasteiger partial charge on any atom is 0.159 e. The van der Waals surface area contributed by atoms with E-state index in [1.165, 1.54) is 54.6 Å². The molecule has 0 spiro atoms. The molecule has 1 heterocycles. The fraction of sp³-hybridized carbons (Fsp3) is 0. The minimum Gasteiger partial charge on any atom is -0.453 e. The Hall–Kier alpha value is -7.42. The summed E-state index contributed by atoms with van der Waals surface area (Å²) in [6.07, 6.45) is 0. The summed E-state index contributed by atoms with van der Waals surface area (Å²) in [6.45, 7) is 0. The fourth-order valence-electron chi connectivity index (χ4n) is 8.56. The van der Waals surface area contributed by atoms with Crippen LogP contribution in [-0.4, -0.2) is 0 Å². The van der Waals surface area contributed by atoms with Crippen LogP contribution in [-0.2, 0) is 0 Å². The summed E-state index contributed by atoms with van der Waals surface area (Å²) in [4.78, 5) is 2.39. The van der Waals surface area contributed by atoms with Crippen LogP contribution in [0.25, 0.3) is 87.6 Å². The number of fused-ring (bicyclic) bond motifs is 7. The van der Waals surface area contributed by atoms with Gasteiger partial charge in [0.15, 0.2) is 5.58 Å². The molecule has 0 atom stereocenters. The topological polar surface area (TPSA) is 16.4 Å². The Balaban J connectivity index is 1.18. The maximum absolute atomic E-state index is 7.27. The van der Waals surface area contributed by atoms with Crippen molar-refractivity contribution < 1.29 is 4.42 Å². The molecule has 262 valence electrons. The van der Waals surface area contributed by atoms with Crippen LogP contribution in [0.3, 0.4) is 0 Å². The number of furan rings is 1. The van der Waals surface area contributed by atoms with Crippen molar-refractivity contribution in [2.45, 2.75) is 0 Å². The molecule has 0 amide bonds. The van der Waals surface area contributed by atoms with Crippen molar-refractivity contribution >= 4 is 71.3 Å². The minimum atomic E-state index is 0.851. The molecule has 0 bridgehead atoms. The zero-order valence-corrected chi connectivity index (χ0v) is 30.6. The summed E-state index contributed by atoms with van der Waals surface area (Å²) in [5.74, 6) is 0. The Morgan fingerprint density at radius 2 is 0.786 bits per heavy atom. The smallest absolute Gasteiger partial charge is 0.159 e. The highest BCUT2D eigenvalue weighted by Gasteiger charge is 2.24. The summed E-state index contributed by atoms with van der Waals surface area (Å²) < 4.78 is 7.27. The van der Waals surface area contributed by atoms with Crippen molar-refractivity contribution in [3.8, 4) is 33.4 Å². The monoisotopic (exact) mass is 713 g/mol. The van der Waals surface area contributed by atoms with Gasteiger partial charge in [-0.2, -0.15) is 0 Å². The number of hydrogen-bond donors (Lipinski definition) is 0. The van der Waals surface area contributed by atoms with Crippen molar-refractivity contribution in [3.05, 3.63) is 212 Å². The number of nitrogens with zero attached hydrogens (tertiary/aromatic N) is 1. The average molecular weight is 714 g/mol.